The standard InChI is InChI=1S/C3H7O4P.CH5O3P/c4-2-1-3-8(5,6)7;1-4-5(2)3/h2H,1,3H2,(H2,5,6,7);5H,1H3,(H,2,3). The highest BCUT2D eigenvalue weighted by Crippen LogP contribution is 2.34. The monoisotopic (exact) mass is 234 g/mol. The van der Waals surface area contributed by atoms with E-state index in [1.165, 1.54) is 7.11 Å². The molecule has 0 saturated heterocycles. The molecule has 1 atom stereocenters. The fourth-order valence-electron chi connectivity index (χ4n) is 0.221. The van der Waals surface area contributed by atoms with Crippen LogP contribution in [-0.4, -0.2) is 34.2 Å². The summed E-state index contributed by atoms with van der Waals surface area (Å²) in [5.41, 5.74) is 0. The minimum Gasteiger partial charge on any atom is -0.326 e. The lowest BCUT2D eigenvalue weighted by Crippen LogP contribution is -1.86. The second kappa shape index (κ2) is 8.56. The van der Waals surface area contributed by atoms with Crippen molar-refractivity contribution >= 4 is 22.1 Å². The van der Waals surface area contributed by atoms with Crippen LogP contribution in [0.4, 0.5) is 0 Å². The van der Waals surface area contributed by atoms with E-state index in [-0.39, 0.29) is 12.6 Å². The number of carbonyl (C=O) groups excluding carboxylic acids is 1. The fraction of sp³-hybridized carbons (Fsp3) is 0.750. The Morgan fingerprint density at radius 1 is 1.54 bits per heavy atom. The van der Waals surface area contributed by atoms with Crippen molar-refractivity contribution in [2.24, 2.45) is 0 Å². The van der Waals surface area contributed by atoms with E-state index in [1.54, 1.807) is 0 Å². The Bertz CT molecular complexity index is 197. The van der Waals surface area contributed by atoms with Crippen molar-refractivity contribution in [2.45, 2.75) is 6.42 Å². The van der Waals surface area contributed by atoms with Gasteiger partial charge in [-0.25, -0.2) is 0 Å². The zero-order valence-electron chi connectivity index (χ0n) is 6.91. The maximum Gasteiger partial charge on any atom is 0.325 e. The number of carbonyl (C=O) groups is 1. The lowest BCUT2D eigenvalue weighted by Gasteiger charge is -1.96. The molecule has 0 heterocycles. The van der Waals surface area contributed by atoms with E-state index < -0.39 is 15.9 Å². The van der Waals surface area contributed by atoms with Crippen molar-refractivity contribution in [3.8, 4) is 0 Å². The van der Waals surface area contributed by atoms with E-state index in [2.05, 4.69) is 4.52 Å². The maximum atomic E-state index is 9.93. The molecule has 0 saturated carbocycles. The smallest absolute Gasteiger partial charge is 0.325 e. The summed E-state index contributed by atoms with van der Waals surface area (Å²) in [6.45, 7) is 0. The molecule has 0 aliphatic rings. The SMILES string of the molecule is CO[PH](=O)O.O=CCCP(=O)(O)O. The highest BCUT2D eigenvalue weighted by molar-refractivity contribution is 7.51. The van der Waals surface area contributed by atoms with Gasteiger partial charge in [-0.2, -0.15) is 0 Å². The Morgan fingerprint density at radius 2 is 1.92 bits per heavy atom. The minimum atomic E-state index is -3.91. The van der Waals surface area contributed by atoms with Crippen molar-refractivity contribution in [3.05, 3.63) is 0 Å². The van der Waals surface area contributed by atoms with Crippen LogP contribution in [0.5, 0.6) is 0 Å². The van der Waals surface area contributed by atoms with Crippen LogP contribution in [0.1, 0.15) is 6.42 Å². The van der Waals surface area contributed by atoms with Crippen molar-refractivity contribution in [3.63, 3.8) is 0 Å². The number of hydrogen-bond donors (Lipinski definition) is 3. The minimum absolute atomic E-state index is 0.0652. The zero-order chi connectivity index (χ0) is 10.9. The largest absolute Gasteiger partial charge is 0.326 e. The highest BCUT2D eigenvalue weighted by atomic mass is 31.2. The first kappa shape index (κ1) is 15.4. The van der Waals surface area contributed by atoms with E-state index in [9.17, 15) is 13.9 Å². The number of hydrogen-bond acceptors (Lipinski definition) is 4. The van der Waals surface area contributed by atoms with Crippen molar-refractivity contribution in [1.82, 2.24) is 0 Å². The summed E-state index contributed by atoms with van der Waals surface area (Å²) in [5, 5.41) is 0. The summed E-state index contributed by atoms with van der Waals surface area (Å²) < 4.78 is 23.1. The predicted molar refractivity (Wildman–Crippen MR) is 45.8 cm³/mol. The average molecular weight is 234 g/mol. The van der Waals surface area contributed by atoms with E-state index in [4.69, 9.17) is 14.7 Å². The molecule has 3 N–H and O–H groups in total. The van der Waals surface area contributed by atoms with Crippen molar-refractivity contribution < 1.29 is 33.1 Å². The van der Waals surface area contributed by atoms with Gasteiger partial charge in [0.15, 0.2) is 0 Å². The van der Waals surface area contributed by atoms with Crippen molar-refractivity contribution in [2.75, 3.05) is 13.3 Å². The highest BCUT2D eigenvalue weighted by Gasteiger charge is 2.10. The molecule has 9 heteroatoms. The quantitative estimate of drug-likeness (QED) is 0.453. The molecule has 0 amide bonds. The lowest BCUT2D eigenvalue weighted by molar-refractivity contribution is -0.107. The molecule has 0 rings (SSSR count). The predicted octanol–water partition coefficient (Wildman–Crippen LogP) is -0.232. The van der Waals surface area contributed by atoms with E-state index in [0.29, 0.717) is 6.29 Å². The summed E-state index contributed by atoms with van der Waals surface area (Å²) in [4.78, 5) is 33.4. The molecule has 0 bridgehead atoms. The van der Waals surface area contributed by atoms with Crippen LogP contribution in [0.15, 0.2) is 0 Å². The molecular weight excluding hydrogens is 222 g/mol. The van der Waals surface area contributed by atoms with Gasteiger partial charge in [-0.3, -0.25) is 9.13 Å². The molecule has 0 spiro atoms. The molecule has 7 nitrogen and oxygen atoms in total. The van der Waals surface area contributed by atoms with Gasteiger partial charge in [-0.15, -0.1) is 0 Å². The van der Waals surface area contributed by atoms with Gasteiger partial charge in [0, 0.05) is 13.5 Å². The summed E-state index contributed by atoms with van der Waals surface area (Å²) in [6.07, 6.45) is 0.0832. The van der Waals surface area contributed by atoms with Gasteiger partial charge >= 0.3 is 15.9 Å². The molecule has 80 valence electrons. The van der Waals surface area contributed by atoms with Gasteiger partial charge < -0.3 is 24.0 Å². The van der Waals surface area contributed by atoms with E-state index in [0.717, 1.165) is 0 Å². The molecule has 0 aromatic heterocycles. The number of aldehydes is 1. The summed E-state index contributed by atoms with van der Waals surface area (Å²) in [5.74, 6) is 0. The van der Waals surface area contributed by atoms with Crippen LogP contribution in [0, 0.1) is 0 Å². The second-order valence-electron chi connectivity index (χ2n) is 1.81. The maximum absolute atomic E-state index is 9.93. The van der Waals surface area contributed by atoms with Gasteiger partial charge in [0.25, 0.3) is 0 Å². The van der Waals surface area contributed by atoms with E-state index >= 15 is 0 Å². The van der Waals surface area contributed by atoms with Gasteiger partial charge in [0.1, 0.15) is 6.29 Å². The zero-order valence-corrected chi connectivity index (χ0v) is 8.81. The Hall–Kier alpha value is -0.0300. The lowest BCUT2D eigenvalue weighted by atomic mass is 10.6. The molecule has 0 radical (unpaired) electrons. The average Bonchev–Trinajstić information content (AvgIpc) is 2.00. The number of rotatable bonds is 4. The summed E-state index contributed by atoms with van der Waals surface area (Å²) >= 11 is 0. The molecule has 1 unspecified atom stereocenters. The van der Waals surface area contributed by atoms with Crippen LogP contribution in [0.25, 0.3) is 0 Å². The molecule has 13 heavy (non-hydrogen) atoms. The second-order valence-corrected chi connectivity index (χ2v) is 4.53. The van der Waals surface area contributed by atoms with Gasteiger partial charge in [0.2, 0.25) is 0 Å². The van der Waals surface area contributed by atoms with Crippen LogP contribution >= 0.6 is 15.9 Å². The van der Waals surface area contributed by atoms with E-state index in [1.807, 2.05) is 0 Å². The first-order chi connectivity index (χ1) is 5.83. The normalized spacial score (nSPS) is 12.6. The molecular formula is C4H12O7P2. The fourth-order valence-corrected chi connectivity index (χ4v) is 0.663. The van der Waals surface area contributed by atoms with Gasteiger partial charge in [-0.05, 0) is 0 Å². The molecule has 0 aliphatic carbocycles. The topological polar surface area (TPSA) is 121 Å². The Kier molecular flexibility index (Phi) is 10.2. The third-order valence-corrected chi connectivity index (χ3v) is 1.90. The Labute approximate surface area is 75.8 Å². The first-order valence-electron chi connectivity index (χ1n) is 3.08. The van der Waals surface area contributed by atoms with Crippen LogP contribution < -0.4 is 0 Å². The molecule has 0 aromatic rings. The third-order valence-electron chi connectivity index (χ3n) is 0.713. The Balaban J connectivity index is 0. The van der Waals surface area contributed by atoms with Crippen LogP contribution in [0.2, 0.25) is 0 Å². The third kappa shape index (κ3) is 24.5. The first-order valence-corrected chi connectivity index (χ1v) is 6.14. The summed E-state index contributed by atoms with van der Waals surface area (Å²) in [7, 11) is -5.36. The van der Waals surface area contributed by atoms with Crippen molar-refractivity contribution in [1.29, 1.82) is 0 Å². The summed E-state index contributed by atoms with van der Waals surface area (Å²) in [6, 6.07) is 0. The van der Waals surface area contributed by atoms with Gasteiger partial charge in [-0.1, -0.05) is 0 Å². The molecule has 0 fully saturated rings. The van der Waals surface area contributed by atoms with Crippen LogP contribution in [-0.2, 0) is 18.4 Å². The molecule has 0 aromatic carbocycles. The Morgan fingerprint density at radius 3 is 2.00 bits per heavy atom. The molecule has 0 aliphatic heterocycles. The van der Waals surface area contributed by atoms with Crippen LogP contribution in [0.3, 0.4) is 0 Å². The van der Waals surface area contributed by atoms with Gasteiger partial charge in [0.05, 0.1) is 6.16 Å².